The van der Waals surface area contributed by atoms with Gasteiger partial charge in [-0.2, -0.15) is 0 Å². The fourth-order valence-corrected chi connectivity index (χ4v) is 3.49. The molecule has 2 atom stereocenters. The first-order chi connectivity index (χ1) is 12.1. The van der Waals surface area contributed by atoms with E-state index in [4.69, 9.17) is 4.74 Å². The van der Waals surface area contributed by atoms with Crippen LogP contribution in [0.3, 0.4) is 0 Å². The number of aliphatic carboxylic acids is 1. The van der Waals surface area contributed by atoms with Gasteiger partial charge in [0.2, 0.25) is 0 Å². The molecule has 0 aliphatic carbocycles. The number of hydrogen-bond donors (Lipinski definition) is 2. The maximum atomic E-state index is 12.8. The average molecular weight is 344 g/mol. The van der Waals surface area contributed by atoms with Crippen molar-refractivity contribution in [2.75, 3.05) is 13.2 Å². The molecule has 1 aliphatic heterocycles. The average Bonchev–Trinajstić information content (AvgIpc) is 2.99. The number of carboxylic acid groups (broad SMARTS) is 1. The lowest BCUT2D eigenvalue weighted by molar-refractivity contribution is -0.142. The van der Waals surface area contributed by atoms with Gasteiger partial charge in [-0.3, -0.25) is 4.79 Å². The summed E-state index contributed by atoms with van der Waals surface area (Å²) < 4.78 is 7.35. The summed E-state index contributed by atoms with van der Waals surface area (Å²) in [5.74, 6) is -1.55. The van der Waals surface area contributed by atoms with Crippen LogP contribution in [0.1, 0.15) is 36.7 Å². The van der Waals surface area contributed by atoms with Gasteiger partial charge in [-0.05, 0) is 31.4 Å². The zero-order valence-electron chi connectivity index (χ0n) is 14.4. The molecule has 25 heavy (non-hydrogen) atoms. The standard InChI is InChI=1S/C19H24N2O4/c1-2-9-21-15-8-4-3-6-13(15)11-16(21)18(22)20-17(19(23)24)14-7-5-10-25-12-14/h3-4,6,8,11,14,17H,2,5,7,9-10,12H2,1H3,(H,20,22)(H,23,24). The molecule has 1 aromatic heterocycles. The Labute approximate surface area is 146 Å². The van der Waals surface area contributed by atoms with Gasteiger partial charge < -0.3 is 19.7 Å². The van der Waals surface area contributed by atoms with Crippen molar-refractivity contribution in [1.29, 1.82) is 0 Å². The van der Waals surface area contributed by atoms with E-state index in [1.807, 2.05) is 34.9 Å². The summed E-state index contributed by atoms with van der Waals surface area (Å²) in [7, 11) is 0. The topological polar surface area (TPSA) is 80.6 Å². The molecule has 0 spiro atoms. The quantitative estimate of drug-likeness (QED) is 0.844. The predicted molar refractivity (Wildman–Crippen MR) is 94.7 cm³/mol. The smallest absolute Gasteiger partial charge is 0.326 e. The number of ether oxygens (including phenoxy) is 1. The first-order valence-corrected chi connectivity index (χ1v) is 8.81. The number of carbonyl (C=O) groups is 2. The molecule has 1 saturated heterocycles. The van der Waals surface area contributed by atoms with Crippen LogP contribution in [0, 0.1) is 5.92 Å². The van der Waals surface area contributed by atoms with Gasteiger partial charge in [0.1, 0.15) is 11.7 Å². The second-order valence-electron chi connectivity index (χ2n) is 6.51. The molecule has 2 heterocycles. The minimum absolute atomic E-state index is 0.195. The van der Waals surface area contributed by atoms with Crippen LogP contribution in [0.2, 0.25) is 0 Å². The second kappa shape index (κ2) is 7.70. The largest absolute Gasteiger partial charge is 0.480 e. The Balaban J connectivity index is 1.87. The van der Waals surface area contributed by atoms with E-state index >= 15 is 0 Å². The van der Waals surface area contributed by atoms with Gasteiger partial charge in [0.25, 0.3) is 5.91 Å². The Morgan fingerprint density at radius 3 is 2.88 bits per heavy atom. The number of hydrogen-bond acceptors (Lipinski definition) is 3. The molecule has 0 bridgehead atoms. The van der Waals surface area contributed by atoms with E-state index in [1.54, 1.807) is 0 Å². The van der Waals surface area contributed by atoms with Crippen LogP contribution < -0.4 is 5.32 Å². The van der Waals surface area contributed by atoms with Crippen LogP contribution in [0.4, 0.5) is 0 Å². The summed E-state index contributed by atoms with van der Waals surface area (Å²) >= 11 is 0. The maximum Gasteiger partial charge on any atom is 0.326 e. The number of rotatable bonds is 6. The molecule has 3 rings (SSSR count). The second-order valence-corrected chi connectivity index (χ2v) is 6.51. The van der Waals surface area contributed by atoms with Crippen molar-refractivity contribution in [2.45, 2.75) is 38.8 Å². The van der Waals surface area contributed by atoms with Crippen molar-refractivity contribution < 1.29 is 19.4 Å². The highest BCUT2D eigenvalue weighted by molar-refractivity contribution is 6.00. The molecule has 0 saturated carbocycles. The lowest BCUT2D eigenvalue weighted by Gasteiger charge is -2.28. The highest BCUT2D eigenvalue weighted by atomic mass is 16.5. The van der Waals surface area contributed by atoms with Crippen LogP contribution >= 0.6 is 0 Å². The summed E-state index contributed by atoms with van der Waals surface area (Å²) in [4.78, 5) is 24.5. The third-order valence-corrected chi connectivity index (χ3v) is 4.71. The number of carbonyl (C=O) groups excluding carboxylic acids is 1. The Hall–Kier alpha value is -2.34. The Morgan fingerprint density at radius 1 is 1.40 bits per heavy atom. The monoisotopic (exact) mass is 344 g/mol. The highest BCUT2D eigenvalue weighted by Crippen LogP contribution is 2.22. The molecular weight excluding hydrogens is 320 g/mol. The lowest BCUT2D eigenvalue weighted by atomic mass is 9.93. The van der Waals surface area contributed by atoms with Crippen molar-refractivity contribution in [3.8, 4) is 0 Å². The van der Waals surface area contributed by atoms with E-state index in [-0.39, 0.29) is 11.8 Å². The van der Waals surface area contributed by atoms with E-state index in [2.05, 4.69) is 12.2 Å². The predicted octanol–water partition coefficient (Wildman–Crippen LogP) is 2.66. The Bertz CT molecular complexity index is 762. The third-order valence-electron chi connectivity index (χ3n) is 4.71. The number of aromatic nitrogens is 1. The normalized spacial score (nSPS) is 18.8. The summed E-state index contributed by atoms with van der Waals surface area (Å²) in [6, 6.07) is 8.71. The summed E-state index contributed by atoms with van der Waals surface area (Å²) in [5, 5.41) is 13.3. The van der Waals surface area contributed by atoms with Crippen molar-refractivity contribution in [3.05, 3.63) is 36.0 Å². The SMILES string of the molecule is CCCn1c(C(=O)NC(C(=O)O)C2CCCOC2)cc2ccccc21. The third kappa shape index (κ3) is 3.69. The van der Waals surface area contributed by atoms with Crippen molar-refractivity contribution in [3.63, 3.8) is 0 Å². The van der Waals surface area contributed by atoms with Crippen LogP contribution in [0.5, 0.6) is 0 Å². The van der Waals surface area contributed by atoms with Crippen LogP contribution in [-0.4, -0.2) is 40.8 Å². The number of benzene rings is 1. The minimum atomic E-state index is -1.01. The summed E-state index contributed by atoms with van der Waals surface area (Å²) in [5.41, 5.74) is 1.49. The number of para-hydroxylation sites is 1. The molecule has 134 valence electrons. The number of fused-ring (bicyclic) bond motifs is 1. The van der Waals surface area contributed by atoms with Crippen molar-refractivity contribution in [1.82, 2.24) is 9.88 Å². The van der Waals surface area contributed by atoms with E-state index in [0.717, 1.165) is 30.2 Å². The van der Waals surface area contributed by atoms with E-state index in [9.17, 15) is 14.7 Å². The Morgan fingerprint density at radius 2 is 2.20 bits per heavy atom. The number of carboxylic acids is 1. The van der Waals surface area contributed by atoms with E-state index in [1.165, 1.54) is 0 Å². The van der Waals surface area contributed by atoms with Gasteiger partial charge in [-0.15, -0.1) is 0 Å². The molecule has 2 aromatic rings. The molecule has 6 nitrogen and oxygen atoms in total. The Kier molecular flexibility index (Phi) is 5.38. The van der Waals surface area contributed by atoms with E-state index < -0.39 is 12.0 Å². The first-order valence-electron chi connectivity index (χ1n) is 8.81. The van der Waals surface area contributed by atoms with Crippen LogP contribution in [0.15, 0.2) is 30.3 Å². The number of aryl methyl sites for hydroxylation is 1. The molecular formula is C19H24N2O4. The molecule has 1 amide bonds. The summed E-state index contributed by atoms with van der Waals surface area (Å²) in [6.45, 7) is 3.78. The van der Waals surface area contributed by atoms with Gasteiger partial charge in [-0.25, -0.2) is 4.79 Å². The molecule has 1 aromatic carbocycles. The van der Waals surface area contributed by atoms with E-state index in [0.29, 0.717) is 25.5 Å². The van der Waals surface area contributed by atoms with Crippen molar-refractivity contribution in [2.24, 2.45) is 5.92 Å². The molecule has 2 N–H and O–H groups in total. The van der Waals surface area contributed by atoms with Crippen LogP contribution in [0.25, 0.3) is 10.9 Å². The maximum absolute atomic E-state index is 12.8. The molecule has 6 heteroatoms. The molecule has 2 unspecified atom stereocenters. The van der Waals surface area contributed by atoms with Crippen molar-refractivity contribution >= 4 is 22.8 Å². The zero-order chi connectivity index (χ0) is 17.8. The number of amides is 1. The lowest BCUT2D eigenvalue weighted by Crippen LogP contribution is -2.48. The first kappa shape index (κ1) is 17.5. The molecule has 0 radical (unpaired) electrons. The molecule has 1 aliphatic rings. The van der Waals surface area contributed by atoms with Gasteiger partial charge in [0, 0.05) is 30.0 Å². The van der Waals surface area contributed by atoms with Gasteiger partial charge >= 0.3 is 5.97 Å². The number of nitrogens with one attached hydrogen (secondary N) is 1. The van der Waals surface area contributed by atoms with Gasteiger partial charge in [-0.1, -0.05) is 25.1 Å². The minimum Gasteiger partial charge on any atom is -0.480 e. The molecule has 1 fully saturated rings. The van der Waals surface area contributed by atoms with Gasteiger partial charge in [0.15, 0.2) is 0 Å². The van der Waals surface area contributed by atoms with Gasteiger partial charge in [0.05, 0.1) is 6.61 Å². The number of nitrogens with zero attached hydrogens (tertiary/aromatic N) is 1. The fourth-order valence-electron chi connectivity index (χ4n) is 3.49. The van der Waals surface area contributed by atoms with Crippen LogP contribution in [-0.2, 0) is 16.1 Å². The highest BCUT2D eigenvalue weighted by Gasteiger charge is 2.32. The zero-order valence-corrected chi connectivity index (χ0v) is 14.4. The fraction of sp³-hybridized carbons (Fsp3) is 0.474. The summed E-state index contributed by atoms with van der Waals surface area (Å²) in [6.07, 6.45) is 2.45.